The highest BCUT2D eigenvalue weighted by Crippen LogP contribution is 2.07. The minimum Gasteiger partial charge on any atom is -0.480 e. The first kappa shape index (κ1) is 38.7. The second-order valence-electron chi connectivity index (χ2n) is 10.3. The molecule has 0 spiro atoms. The first-order valence-corrected chi connectivity index (χ1v) is 14.1. The lowest BCUT2D eigenvalue weighted by molar-refractivity contribution is -0.142. The number of rotatable bonds is 20. The number of carbonyl (C=O) groups excluding carboxylic acids is 6. The molecular weight excluding hydrogens is 608 g/mol. The number of primary amides is 2. The molecule has 0 aliphatic rings. The van der Waals surface area contributed by atoms with Crippen LogP contribution in [0.4, 0.5) is 0 Å². The predicted molar refractivity (Wildman–Crippen MR) is 163 cm³/mol. The molecule has 46 heavy (non-hydrogen) atoms. The Hall–Kier alpha value is -5.30. The van der Waals surface area contributed by atoms with E-state index >= 15 is 0 Å². The summed E-state index contributed by atoms with van der Waals surface area (Å²) < 4.78 is 0. The maximum atomic E-state index is 13.5. The third kappa shape index (κ3) is 14.4. The Morgan fingerprint density at radius 1 is 0.739 bits per heavy atom. The highest BCUT2D eigenvalue weighted by molar-refractivity contribution is 5.98. The molecule has 16 N–H and O–H groups in total. The summed E-state index contributed by atoms with van der Waals surface area (Å²) in [6, 6.07) is 0.626. The molecule has 0 bridgehead atoms. The van der Waals surface area contributed by atoms with Crippen LogP contribution in [0.2, 0.25) is 0 Å². The van der Waals surface area contributed by atoms with E-state index in [2.05, 4.69) is 26.3 Å². The number of hydrogen-bond acceptors (Lipinski definition) is 10. The van der Waals surface area contributed by atoms with Gasteiger partial charge in [-0.1, -0.05) is 30.3 Å². The van der Waals surface area contributed by atoms with Gasteiger partial charge >= 0.3 is 5.97 Å². The van der Waals surface area contributed by atoms with E-state index in [9.17, 15) is 43.8 Å². The summed E-state index contributed by atoms with van der Waals surface area (Å²) in [5.41, 5.74) is 27.2. The van der Waals surface area contributed by atoms with Gasteiger partial charge in [0.15, 0.2) is 5.96 Å². The molecule has 1 aromatic rings. The fourth-order valence-corrected chi connectivity index (χ4v) is 3.94. The van der Waals surface area contributed by atoms with Gasteiger partial charge in [-0.15, -0.1) is 0 Å². The van der Waals surface area contributed by atoms with Gasteiger partial charge in [0.1, 0.15) is 30.2 Å². The van der Waals surface area contributed by atoms with E-state index in [4.69, 9.17) is 28.7 Å². The lowest BCUT2D eigenvalue weighted by Gasteiger charge is -2.26. The number of aliphatic hydroxyl groups excluding tert-OH is 1. The number of guanidine groups is 1. The molecule has 1 rings (SSSR count). The van der Waals surface area contributed by atoms with E-state index in [1.807, 2.05) is 0 Å². The molecule has 254 valence electrons. The largest absolute Gasteiger partial charge is 0.480 e. The topological polar surface area (TPSA) is 351 Å². The molecule has 0 heterocycles. The van der Waals surface area contributed by atoms with Gasteiger partial charge < -0.3 is 60.1 Å². The number of carboxylic acid groups (broad SMARTS) is 1. The quantitative estimate of drug-likeness (QED) is 0.0358. The number of carbonyl (C=O) groups is 7. The molecule has 0 aromatic heterocycles. The van der Waals surface area contributed by atoms with E-state index in [0.717, 1.165) is 0 Å². The molecular formula is C27H42N10O9. The third-order valence-corrected chi connectivity index (χ3v) is 6.37. The average Bonchev–Trinajstić information content (AvgIpc) is 2.96. The molecule has 0 fully saturated rings. The van der Waals surface area contributed by atoms with Crippen LogP contribution >= 0.6 is 0 Å². The minimum atomic E-state index is -1.66. The van der Waals surface area contributed by atoms with Gasteiger partial charge in [-0.05, 0) is 25.3 Å². The smallest absolute Gasteiger partial charge is 0.326 e. The highest BCUT2D eigenvalue weighted by atomic mass is 16.4. The van der Waals surface area contributed by atoms with Crippen LogP contribution in [0.1, 0.15) is 38.2 Å². The average molecular weight is 651 g/mol. The van der Waals surface area contributed by atoms with Crippen LogP contribution < -0.4 is 49.9 Å². The van der Waals surface area contributed by atoms with Crippen molar-refractivity contribution in [2.45, 2.75) is 75.3 Å². The van der Waals surface area contributed by atoms with Crippen LogP contribution in [0.15, 0.2) is 35.3 Å². The van der Waals surface area contributed by atoms with Crippen molar-refractivity contribution in [2.24, 2.45) is 33.7 Å². The first-order valence-electron chi connectivity index (χ1n) is 14.1. The maximum Gasteiger partial charge on any atom is 0.326 e. The number of aliphatic hydroxyl groups is 1. The lowest BCUT2D eigenvalue weighted by atomic mass is 10.0. The molecule has 0 aliphatic carbocycles. The summed E-state index contributed by atoms with van der Waals surface area (Å²) >= 11 is 0. The normalized spacial score (nSPS) is 14.6. The van der Waals surface area contributed by atoms with E-state index in [-0.39, 0.29) is 31.8 Å². The fourth-order valence-electron chi connectivity index (χ4n) is 3.94. The summed E-state index contributed by atoms with van der Waals surface area (Å²) in [5, 5.41) is 28.3. The molecule has 6 amide bonds. The second kappa shape index (κ2) is 19.2. The summed E-state index contributed by atoms with van der Waals surface area (Å²) in [7, 11) is 0. The lowest BCUT2D eigenvalue weighted by Crippen LogP contribution is -2.60. The van der Waals surface area contributed by atoms with E-state index in [1.165, 1.54) is 6.92 Å². The van der Waals surface area contributed by atoms with Crippen molar-refractivity contribution in [3.63, 3.8) is 0 Å². The zero-order chi connectivity index (χ0) is 35.0. The van der Waals surface area contributed by atoms with E-state index in [0.29, 0.717) is 5.56 Å². The van der Waals surface area contributed by atoms with Crippen LogP contribution in [-0.4, -0.2) is 100 Å². The molecule has 0 saturated carbocycles. The maximum absolute atomic E-state index is 13.5. The van der Waals surface area contributed by atoms with Gasteiger partial charge in [-0.25, -0.2) is 4.79 Å². The minimum absolute atomic E-state index is 0.0759. The molecule has 19 heteroatoms. The number of carboxylic acids is 1. The van der Waals surface area contributed by atoms with Crippen molar-refractivity contribution in [3.8, 4) is 0 Å². The molecule has 1 aromatic carbocycles. The zero-order valence-electron chi connectivity index (χ0n) is 25.2. The Balaban J connectivity index is 3.26. The molecule has 0 unspecified atom stereocenters. The van der Waals surface area contributed by atoms with Crippen molar-refractivity contribution >= 4 is 47.4 Å². The van der Waals surface area contributed by atoms with Crippen molar-refractivity contribution < 1.29 is 43.8 Å². The van der Waals surface area contributed by atoms with Crippen molar-refractivity contribution in [2.75, 3.05) is 6.54 Å². The summed E-state index contributed by atoms with van der Waals surface area (Å²) in [6.07, 6.45) is -2.85. The second-order valence-corrected chi connectivity index (χ2v) is 10.3. The van der Waals surface area contributed by atoms with Crippen LogP contribution in [-0.2, 0) is 40.0 Å². The monoisotopic (exact) mass is 650 g/mol. The standard InChI is InChI=1S/C27H42N10O9/c1-13(38)21(30)25(44)37-18(12-20(29)40)24(43)35-16(10-14-6-3-2-4-7-14)22(41)36-17(11-19(28)39)23(42)34-15(26(45)46)8-5-9-33-27(31)32/h2-4,6-7,13,15-18,21,38H,5,8-12,30H2,1H3,(H2,28,39)(H2,29,40)(H,34,42)(H,35,43)(H,36,41)(H,37,44)(H,45,46)(H4,31,32,33)/t13-,15+,16+,17+,18+,21+/m1/s1. The highest BCUT2D eigenvalue weighted by Gasteiger charge is 2.33. The Morgan fingerprint density at radius 2 is 1.20 bits per heavy atom. The van der Waals surface area contributed by atoms with Crippen molar-refractivity contribution in [1.82, 2.24) is 21.3 Å². The van der Waals surface area contributed by atoms with Crippen LogP contribution in [0.3, 0.4) is 0 Å². The third-order valence-electron chi connectivity index (χ3n) is 6.37. The van der Waals surface area contributed by atoms with Gasteiger partial charge in [0, 0.05) is 13.0 Å². The Morgan fingerprint density at radius 3 is 1.65 bits per heavy atom. The Bertz CT molecular complexity index is 1270. The van der Waals surface area contributed by atoms with E-state index in [1.54, 1.807) is 30.3 Å². The van der Waals surface area contributed by atoms with E-state index < -0.39 is 90.6 Å². The number of benzene rings is 1. The van der Waals surface area contributed by atoms with Crippen molar-refractivity contribution in [3.05, 3.63) is 35.9 Å². The first-order chi connectivity index (χ1) is 21.5. The van der Waals surface area contributed by atoms with Crippen LogP contribution in [0.25, 0.3) is 0 Å². The molecule has 19 nitrogen and oxygen atoms in total. The van der Waals surface area contributed by atoms with Crippen LogP contribution in [0.5, 0.6) is 0 Å². The van der Waals surface area contributed by atoms with Gasteiger partial charge in [0.05, 0.1) is 18.9 Å². The molecule has 0 saturated heterocycles. The molecule has 0 radical (unpaired) electrons. The Kier molecular flexibility index (Phi) is 16.1. The molecule has 0 aliphatic heterocycles. The number of hydrogen-bond donors (Lipinski definition) is 11. The number of nitrogens with one attached hydrogen (secondary N) is 4. The summed E-state index contributed by atoms with van der Waals surface area (Å²) in [4.78, 5) is 91.1. The summed E-state index contributed by atoms with van der Waals surface area (Å²) in [5.74, 6) is -7.69. The number of aliphatic imine (C=N–C) groups is 1. The van der Waals surface area contributed by atoms with Gasteiger partial charge in [-0.3, -0.25) is 33.8 Å². The van der Waals surface area contributed by atoms with Gasteiger partial charge in [0.25, 0.3) is 0 Å². The van der Waals surface area contributed by atoms with Gasteiger partial charge in [-0.2, -0.15) is 0 Å². The predicted octanol–water partition coefficient (Wildman–Crippen LogP) is -5.23. The molecule has 6 atom stereocenters. The Labute approximate surface area is 264 Å². The summed E-state index contributed by atoms with van der Waals surface area (Å²) in [6.45, 7) is 1.31. The van der Waals surface area contributed by atoms with Gasteiger partial charge in [0.2, 0.25) is 35.4 Å². The number of nitrogens with zero attached hydrogens (tertiary/aromatic N) is 1. The zero-order valence-corrected chi connectivity index (χ0v) is 25.2. The van der Waals surface area contributed by atoms with Crippen molar-refractivity contribution in [1.29, 1.82) is 0 Å². The SMILES string of the molecule is C[C@@H](O)[C@H](N)C(=O)N[C@@H](CC(N)=O)C(=O)N[C@@H](Cc1ccccc1)C(=O)N[C@@H](CC(N)=O)C(=O)N[C@@H](CCCN=C(N)N)C(=O)O. The number of nitrogens with two attached hydrogens (primary N) is 5. The number of amides is 6. The fraction of sp³-hybridized carbons (Fsp3) is 0.481. The van der Waals surface area contributed by atoms with Crippen LogP contribution in [0, 0.1) is 0 Å². The number of aliphatic carboxylic acids is 1.